The second-order valence-electron chi connectivity index (χ2n) is 5.80. The number of carbonyl (C=O) groups is 2. The molecule has 1 fully saturated rings. The Morgan fingerprint density at radius 3 is 2.42 bits per heavy atom. The van der Waals surface area contributed by atoms with Crippen molar-refractivity contribution in [2.24, 2.45) is 0 Å². The van der Waals surface area contributed by atoms with Crippen molar-refractivity contribution >= 4 is 17.5 Å². The topological polar surface area (TPSA) is 58.6 Å². The van der Waals surface area contributed by atoms with E-state index in [1.807, 2.05) is 17.0 Å². The van der Waals surface area contributed by atoms with Crippen molar-refractivity contribution in [1.82, 2.24) is 4.90 Å². The number of hydrogen-bond acceptors (Lipinski definition) is 3. The summed E-state index contributed by atoms with van der Waals surface area (Å²) in [7, 11) is 1.60. The van der Waals surface area contributed by atoms with Crippen LogP contribution in [-0.2, 0) is 11.3 Å². The summed E-state index contributed by atoms with van der Waals surface area (Å²) in [6.07, 6.45) is 1.57. The molecule has 124 valence electrons. The monoisotopic (exact) mass is 324 g/mol. The number of amides is 2. The van der Waals surface area contributed by atoms with E-state index in [2.05, 4.69) is 5.32 Å². The number of anilines is 1. The number of nitrogens with one attached hydrogen (secondary N) is 1. The molecule has 2 aromatic carbocycles. The van der Waals surface area contributed by atoms with Gasteiger partial charge in [-0.3, -0.25) is 9.59 Å². The van der Waals surface area contributed by atoms with Crippen molar-refractivity contribution < 1.29 is 14.3 Å². The summed E-state index contributed by atoms with van der Waals surface area (Å²) >= 11 is 0. The van der Waals surface area contributed by atoms with Gasteiger partial charge in [0.15, 0.2) is 0 Å². The van der Waals surface area contributed by atoms with Crippen molar-refractivity contribution in [1.29, 1.82) is 0 Å². The Bertz CT molecular complexity index is 723. The van der Waals surface area contributed by atoms with E-state index in [0.29, 0.717) is 24.2 Å². The van der Waals surface area contributed by atoms with E-state index in [-0.39, 0.29) is 11.8 Å². The molecule has 5 nitrogen and oxygen atoms in total. The molecule has 0 spiro atoms. The van der Waals surface area contributed by atoms with Crippen LogP contribution in [0.15, 0.2) is 48.5 Å². The minimum absolute atomic E-state index is 0.163. The zero-order chi connectivity index (χ0) is 16.9. The summed E-state index contributed by atoms with van der Waals surface area (Å²) in [5, 5.41) is 2.85. The molecule has 0 aliphatic carbocycles. The van der Waals surface area contributed by atoms with Crippen molar-refractivity contribution in [2.45, 2.75) is 19.4 Å². The summed E-state index contributed by atoms with van der Waals surface area (Å²) in [5.74, 6) is 0.786. The van der Waals surface area contributed by atoms with E-state index in [9.17, 15) is 9.59 Å². The van der Waals surface area contributed by atoms with Gasteiger partial charge in [-0.05, 0) is 48.4 Å². The molecule has 24 heavy (non-hydrogen) atoms. The van der Waals surface area contributed by atoms with Gasteiger partial charge in [0, 0.05) is 30.8 Å². The highest BCUT2D eigenvalue weighted by Crippen LogP contribution is 2.17. The molecule has 0 bridgehead atoms. The number of methoxy groups -OCH3 is 1. The maximum Gasteiger partial charge on any atom is 0.255 e. The molecular formula is C19H20N2O3. The number of likely N-dealkylation sites (tertiary alicyclic amines) is 1. The average Bonchev–Trinajstić information content (AvgIpc) is 3.01. The van der Waals surface area contributed by atoms with Gasteiger partial charge in [-0.2, -0.15) is 0 Å². The minimum atomic E-state index is -0.163. The number of carbonyl (C=O) groups excluding carboxylic acids is 2. The van der Waals surface area contributed by atoms with E-state index in [1.165, 1.54) is 0 Å². The highest BCUT2D eigenvalue weighted by molar-refractivity contribution is 6.04. The van der Waals surface area contributed by atoms with Crippen LogP contribution in [0.1, 0.15) is 28.8 Å². The lowest BCUT2D eigenvalue weighted by atomic mass is 10.1. The van der Waals surface area contributed by atoms with Crippen LogP contribution < -0.4 is 10.1 Å². The Hall–Kier alpha value is -2.82. The first kappa shape index (κ1) is 16.1. The predicted octanol–water partition coefficient (Wildman–Crippen LogP) is 3.07. The first-order chi connectivity index (χ1) is 11.7. The fraction of sp³-hybridized carbons (Fsp3) is 0.263. The first-order valence-electron chi connectivity index (χ1n) is 7.98. The van der Waals surface area contributed by atoms with Crippen molar-refractivity contribution in [2.75, 3.05) is 19.0 Å². The van der Waals surface area contributed by atoms with Crippen LogP contribution in [0.3, 0.4) is 0 Å². The van der Waals surface area contributed by atoms with E-state index in [0.717, 1.165) is 24.3 Å². The van der Waals surface area contributed by atoms with Crippen LogP contribution in [0.5, 0.6) is 5.75 Å². The summed E-state index contributed by atoms with van der Waals surface area (Å²) in [4.78, 5) is 25.8. The summed E-state index contributed by atoms with van der Waals surface area (Å²) in [6.45, 7) is 1.43. The minimum Gasteiger partial charge on any atom is -0.497 e. The van der Waals surface area contributed by atoms with Gasteiger partial charge >= 0.3 is 0 Å². The first-order valence-corrected chi connectivity index (χ1v) is 7.98. The normalized spacial score (nSPS) is 13.9. The molecule has 1 saturated heterocycles. The van der Waals surface area contributed by atoms with Crippen LogP contribution in [0.4, 0.5) is 5.69 Å². The van der Waals surface area contributed by atoms with Crippen LogP contribution in [0.25, 0.3) is 0 Å². The lowest BCUT2D eigenvalue weighted by Gasteiger charge is -2.15. The summed E-state index contributed by atoms with van der Waals surface area (Å²) < 4.78 is 5.09. The molecule has 2 aromatic rings. The lowest BCUT2D eigenvalue weighted by Crippen LogP contribution is -2.23. The highest BCUT2D eigenvalue weighted by atomic mass is 16.5. The average molecular weight is 324 g/mol. The van der Waals surface area contributed by atoms with Gasteiger partial charge in [0.25, 0.3) is 5.91 Å². The van der Waals surface area contributed by atoms with Gasteiger partial charge in [-0.25, -0.2) is 0 Å². The van der Waals surface area contributed by atoms with E-state index >= 15 is 0 Å². The molecule has 0 radical (unpaired) electrons. The smallest absolute Gasteiger partial charge is 0.255 e. The Kier molecular flexibility index (Phi) is 4.79. The van der Waals surface area contributed by atoms with Gasteiger partial charge < -0.3 is 15.0 Å². The molecule has 5 heteroatoms. The van der Waals surface area contributed by atoms with Gasteiger partial charge in [0.2, 0.25) is 5.91 Å². The molecule has 1 heterocycles. The summed E-state index contributed by atoms with van der Waals surface area (Å²) in [5.41, 5.74) is 2.33. The second kappa shape index (κ2) is 7.17. The number of nitrogens with zero attached hydrogens (tertiary/aromatic N) is 1. The third-order valence-electron chi connectivity index (χ3n) is 4.11. The number of hydrogen-bond donors (Lipinski definition) is 1. The van der Waals surface area contributed by atoms with Gasteiger partial charge in [-0.15, -0.1) is 0 Å². The quantitative estimate of drug-likeness (QED) is 0.919. The Balaban J connectivity index is 1.61. The molecule has 0 unspecified atom stereocenters. The third kappa shape index (κ3) is 3.74. The van der Waals surface area contributed by atoms with E-state index in [1.54, 1.807) is 43.5 Å². The van der Waals surface area contributed by atoms with Crippen LogP contribution in [0.2, 0.25) is 0 Å². The molecule has 2 amide bonds. The Morgan fingerprint density at radius 1 is 1.12 bits per heavy atom. The van der Waals surface area contributed by atoms with Gasteiger partial charge in [0.1, 0.15) is 5.75 Å². The zero-order valence-corrected chi connectivity index (χ0v) is 13.6. The summed E-state index contributed by atoms with van der Waals surface area (Å²) in [6, 6.07) is 14.6. The predicted molar refractivity (Wildman–Crippen MR) is 92.0 cm³/mol. The fourth-order valence-corrected chi connectivity index (χ4v) is 2.73. The number of benzene rings is 2. The highest BCUT2D eigenvalue weighted by Gasteiger charge is 2.19. The third-order valence-corrected chi connectivity index (χ3v) is 4.11. The maximum absolute atomic E-state index is 12.3. The molecule has 1 N–H and O–H groups in total. The van der Waals surface area contributed by atoms with E-state index in [4.69, 9.17) is 4.74 Å². The molecule has 1 aliphatic rings. The van der Waals surface area contributed by atoms with Crippen LogP contribution >= 0.6 is 0 Å². The zero-order valence-electron chi connectivity index (χ0n) is 13.6. The van der Waals surface area contributed by atoms with E-state index < -0.39 is 0 Å². The van der Waals surface area contributed by atoms with Crippen molar-refractivity contribution in [3.63, 3.8) is 0 Å². The Morgan fingerprint density at radius 2 is 1.83 bits per heavy atom. The molecule has 0 saturated carbocycles. The number of ether oxygens (including phenoxy) is 1. The lowest BCUT2D eigenvalue weighted by molar-refractivity contribution is -0.128. The molecule has 3 rings (SSSR count). The van der Waals surface area contributed by atoms with Gasteiger partial charge in [0.05, 0.1) is 7.11 Å². The van der Waals surface area contributed by atoms with Crippen molar-refractivity contribution in [3.8, 4) is 5.75 Å². The largest absolute Gasteiger partial charge is 0.497 e. The van der Waals surface area contributed by atoms with Gasteiger partial charge in [-0.1, -0.05) is 12.1 Å². The standard InChI is InChI=1S/C19H20N2O3/c1-24-17-10-8-16(9-11-17)20-19(23)15-6-4-14(5-7-15)13-21-12-2-3-18(21)22/h4-11H,2-3,12-13H2,1H3,(H,20,23). The van der Waals surface area contributed by atoms with Crippen LogP contribution in [0, 0.1) is 0 Å². The Labute approximate surface area is 141 Å². The maximum atomic E-state index is 12.3. The molecule has 0 aromatic heterocycles. The SMILES string of the molecule is COc1ccc(NC(=O)c2ccc(CN3CCCC3=O)cc2)cc1. The fourth-order valence-electron chi connectivity index (χ4n) is 2.73. The van der Waals surface area contributed by atoms with Crippen LogP contribution in [-0.4, -0.2) is 30.4 Å². The van der Waals surface area contributed by atoms with Crippen molar-refractivity contribution in [3.05, 3.63) is 59.7 Å². The number of rotatable bonds is 5. The second-order valence-corrected chi connectivity index (χ2v) is 5.80. The molecule has 1 aliphatic heterocycles. The molecular weight excluding hydrogens is 304 g/mol. The molecule has 0 atom stereocenters.